The van der Waals surface area contributed by atoms with Crippen LogP contribution in [0.2, 0.25) is 0 Å². The molecule has 0 bridgehead atoms. The summed E-state index contributed by atoms with van der Waals surface area (Å²) in [5.41, 5.74) is 5.36. The van der Waals surface area contributed by atoms with Crippen molar-refractivity contribution in [2.45, 2.75) is 32.5 Å². The lowest BCUT2D eigenvalue weighted by Gasteiger charge is -2.07. The molecular weight excluding hydrogens is 414 g/mol. The van der Waals surface area contributed by atoms with Crippen LogP contribution in [0.25, 0.3) is 11.4 Å². The van der Waals surface area contributed by atoms with Gasteiger partial charge in [-0.25, -0.2) is 5.43 Å². The van der Waals surface area contributed by atoms with Crippen LogP contribution in [-0.2, 0) is 11.3 Å². The number of thioether (sulfide) groups is 1. The molecule has 0 saturated heterocycles. The SMILES string of the molecule is CCOc1cc(/C=N/NC(=O)CSc2nnc(-c3ccc(C)cc3)n2CC)ccc1O. The van der Waals surface area contributed by atoms with Crippen molar-refractivity contribution in [2.24, 2.45) is 5.10 Å². The van der Waals surface area contributed by atoms with Crippen molar-refractivity contribution in [1.82, 2.24) is 20.2 Å². The Balaban J connectivity index is 1.58. The number of hydrogen-bond donors (Lipinski definition) is 2. The normalized spacial score (nSPS) is 11.1. The molecule has 2 N–H and O–H groups in total. The Morgan fingerprint density at radius 3 is 2.71 bits per heavy atom. The van der Waals surface area contributed by atoms with Crippen LogP contribution in [0, 0.1) is 6.92 Å². The van der Waals surface area contributed by atoms with Gasteiger partial charge >= 0.3 is 0 Å². The van der Waals surface area contributed by atoms with E-state index in [2.05, 4.69) is 20.7 Å². The van der Waals surface area contributed by atoms with Crippen LogP contribution in [0.1, 0.15) is 25.0 Å². The predicted octanol–water partition coefficient (Wildman–Crippen LogP) is 3.62. The lowest BCUT2D eigenvalue weighted by Crippen LogP contribution is -2.20. The van der Waals surface area contributed by atoms with E-state index in [-0.39, 0.29) is 17.4 Å². The number of phenols is 1. The molecule has 3 aromatic rings. The summed E-state index contributed by atoms with van der Waals surface area (Å²) >= 11 is 1.31. The van der Waals surface area contributed by atoms with Gasteiger partial charge in [-0.3, -0.25) is 4.79 Å². The molecule has 0 aliphatic carbocycles. The van der Waals surface area contributed by atoms with E-state index in [4.69, 9.17) is 4.74 Å². The number of carbonyl (C=O) groups is 1. The third-order valence-corrected chi connectivity index (χ3v) is 5.33. The smallest absolute Gasteiger partial charge is 0.250 e. The molecule has 0 fully saturated rings. The molecule has 2 aromatic carbocycles. The van der Waals surface area contributed by atoms with Crippen molar-refractivity contribution < 1.29 is 14.6 Å². The van der Waals surface area contributed by atoms with E-state index in [0.717, 1.165) is 11.4 Å². The largest absolute Gasteiger partial charge is 0.504 e. The van der Waals surface area contributed by atoms with E-state index >= 15 is 0 Å². The maximum absolute atomic E-state index is 12.2. The quantitative estimate of drug-likeness (QED) is 0.300. The number of nitrogens with one attached hydrogen (secondary N) is 1. The molecule has 162 valence electrons. The average molecular weight is 440 g/mol. The second-order valence-corrected chi connectivity index (χ2v) is 7.60. The minimum Gasteiger partial charge on any atom is -0.504 e. The molecule has 0 atom stereocenters. The van der Waals surface area contributed by atoms with Crippen LogP contribution in [0.15, 0.2) is 52.7 Å². The summed E-state index contributed by atoms with van der Waals surface area (Å²) in [5.74, 6) is 1.11. The summed E-state index contributed by atoms with van der Waals surface area (Å²) < 4.78 is 7.32. The third-order valence-electron chi connectivity index (χ3n) is 4.36. The Hall–Kier alpha value is -3.33. The summed E-state index contributed by atoms with van der Waals surface area (Å²) in [7, 11) is 0. The van der Waals surface area contributed by atoms with Crippen LogP contribution in [-0.4, -0.2) is 44.4 Å². The van der Waals surface area contributed by atoms with Gasteiger partial charge in [0.25, 0.3) is 5.91 Å². The Morgan fingerprint density at radius 2 is 2.00 bits per heavy atom. The van der Waals surface area contributed by atoms with Crippen molar-refractivity contribution in [1.29, 1.82) is 0 Å². The highest BCUT2D eigenvalue weighted by atomic mass is 32.2. The molecule has 0 saturated carbocycles. The number of aromatic hydroxyl groups is 1. The zero-order chi connectivity index (χ0) is 22.2. The first-order chi connectivity index (χ1) is 15.0. The standard InChI is InChI=1S/C22H25N5O3S/c1-4-27-21(17-9-6-15(3)7-10-17)25-26-22(27)31-14-20(29)24-23-13-16-8-11-18(28)19(12-16)30-5-2/h6-13,28H,4-5,14H2,1-3H3,(H,24,29)/b23-13+. The fourth-order valence-electron chi connectivity index (χ4n) is 2.82. The maximum atomic E-state index is 12.2. The van der Waals surface area contributed by atoms with Crippen LogP contribution in [0.4, 0.5) is 0 Å². The summed E-state index contributed by atoms with van der Waals surface area (Å²) in [6.07, 6.45) is 1.49. The second kappa shape index (κ2) is 10.6. The van der Waals surface area contributed by atoms with Crippen molar-refractivity contribution in [2.75, 3.05) is 12.4 Å². The van der Waals surface area contributed by atoms with Gasteiger partial charge in [-0.2, -0.15) is 5.10 Å². The summed E-state index contributed by atoms with van der Waals surface area (Å²) in [6, 6.07) is 13.0. The highest BCUT2D eigenvalue weighted by molar-refractivity contribution is 7.99. The van der Waals surface area contributed by atoms with Crippen molar-refractivity contribution >= 4 is 23.9 Å². The highest BCUT2D eigenvalue weighted by Crippen LogP contribution is 2.26. The Morgan fingerprint density at radius 1 is 1.23 bits per heavy atom. The highest BCUT2D eigenvalue weighted by Gasteiger charge is 2.14. The first-order valence-corrected chi connectivity index (χ1v) is 10.9. The van der Waals surface area contributed by atoms with Crippen molar-refractivity contribution in [3.63, 3.8) is 0 Å². The fraction of sp³-hybridized carbons (Fsp3) is 0.273. The van der Waals surface area contributed by atoms with Crippen LogP contribution < -0.4 is 10.2 Å². The molecule has 1 heterocycles. The molecule has 0 spiro atoms. The van der Waals surface area contributed by atoms with E-state index in [0.29, 0.717) is 29.6 Å². The van der Waals surface area contributed by atoms with Gasteiger partial charge in [0.1, 0.15) is 0 Å². The number of benzene rings is 2. The van der Waals surface area contributed by atoms with E-state index in [1.54, 1.807) is 12.1 Å². The lowest BCUT2D eigenvalue weighted by atomic mass is 10.1. The van der Waals surface area contributed by atoms with Gasteiger partial charge in [-0.1, -0.05) is 41.6 Å². The van der Waals surface area contributed by atoms with E-state index in [9.17, 15) is 9.90 Å². The number of carbonyl (C=O) groups excluding carboxylic acids is 1. The number of hydrazone groups is 1. The van der Waals surface area contributed by atoms with Gasteiger partial charge in [0.15, 0.2) is 22.5 Å². The number of aromatic nitrogens is 3. The third kappa shape index (κ3) is 5.85. The second-order valence-electron chi connectivity index (χ2n) is 6.66. The van der Waals surface area contributed by atoms with Gasteiger partial charge in [0.05, 0.1) is 18.6 Å². The van der Waals surface area contributed by atoms with E-state index < -0.39 is 0 Å². The molecule has 0 radical (unpaired) electrons. The Kier molecular flexibility index (Phi) is 7.66. The topological polar surface area (TPSA) is 102 Å². The van der Waals surface area contributed by atoms with Gasteiger partial charge in [0.2, 0.25) is 0 Å². The monoisotopic (exact) mass is 439 g/mol. The first kappa shape index (κ1) is 22.4. The van der Waals surface area contributed by atoms with E-state index in [1.807, 2.05) is 49.6 Å². The van der Waals surface area contributed by atoms with Gasteiger partial charge in [-0.05, 0) is 44.5 Å². The molecule has 0 unspecified atom stereocenters. The molecule has 9 heteroatoms. The molecule has 31 heavy (non-hydrogen) atoms. The molecule has 8 nitrogen and oxygen atoms in total. The molecule has 1 aromatic heterocycles. The number of amides is 1. The molecule has 0 aliphatic rings. The zero-order valence-electron chi connectivity index (χ0n) is 17.7. The number of ether oxygens (including phenoxy) is 1. The van der Waals surface area contributed by atoms with Crippen LogP contribution in [0.3, 0.4) is 0 Å². The number of rotatable bonds is 9. The Labute approximate surface area is 185 Å². The van der Waals surface area contributed by atoms with E-state index in [1.165, 1.54) is 29.6 Å². The molecular formula is C22H25N5O3S. The number of nitrogens with zero attached hydrogens (tertiary/aromatic N) is 4. The Bertz CT molecular complexity index is 1060. The zero-order valence-corrected chi connectivity index (χ0v) is 18.5. The minimum absolute atomic E-state index is 0.0597. The molecule has 0 aliphatic heterocycles. The minimum atomic E-state index is -0.257. The maximum Gasteiger partial charge on any atom is 0.250 e. The molecule has 1 amide bonds. The summed E-state index contributed by atoms with van der Waals surface area (Å²) in [5, 5.41) is 22.9. The number of aryl methyl sites for hydroxylation is 1. The van der Waals surface area contributed by atoms with Crippen LogP contribution >= 0.6 is 11.8 Å². The predicted molar refractivity (Wildman–Crippen MR) is 122 cm³/mol. The van der Waals surface area contributed by atoms with Gasteiger partial charge in [-0.15, -0.1) is 10.2 Å². The van der Waals surface area contributed by atoms with Gasteiger partial charge in [0, 0.05) is 12.1 Å². The first-order valence-electron chi connectivity index (χ1n) is 9.92. The summed E-state index contributed by atoms with van der Waals surface area (Å²) in [6.45, 7) is 7.03. The molecule has 3 rings (SSSR count). The summed E-state index contributed by atoms with van der Waals surface area (Å²) in [4.78, 5) is 12.2. The van der Waals surface area contributed by atoms with Gasteiger partial charge < -0.3 is 14.4 Å². The van der Waals surface area contributed by atoms with Crippen molar-refractivity contribution in [3.8, 4) is 22.9 Å². The van der Waals surface area contributed by atoms with Crippen LogP contribution in [0.5, 0.6) is 11.5 Å². The number of hydrogen-bond acceptors (Lipinski definition) is 7. The van der Waals surface area contributed by atoms with Crippen molar-refractivity contribution in [3.05, 3.63) is 53.6 Å². The number of phenolic OH excluding ortho intramolecular Hbond substituents is 1. The average Bonchev–Trinajstić information content (AvgIpc) is 3.18. The lowest BCUT2D eigenvalue weighted by molar-refractivity contribution is -0.118. The fourth-order valence-corrected chi connectivity index (χ4v) is 3.61.